The summed E-state index contributed by atoms with van der Waals surface area (Å²) in [4.78, 5) is 2.53. The van der Waals surface area contributed by atoms with E-state index < -0.39 is 5.41 Å². The maximum absolute atomic E-state index is 2.53. The van der Waals surface area contributed by atoms with Gasteiger partial charge in [-0.3, -0.25) is 0 Å². The maximum Gasteiger partial charge on any atom is 0.0713 e. The molecule has 0 N–H and O–H groups in total. The third-order valence-electron chi connectivity index (χ3n) is 12.3. The van der Waals surface area contributed by atoms with E-state index in [2.05, 4.69) is 254 Å². The van der Waals surface area contributed by atoms with Crippen LogP contribution in [0.4, 0.5) is 17.1 Å². The average Bonchev–Trinajstić information content (AvgIpc) is 3.63. The van der Waals surface area contributed by atoms with Crippen LogP contribution in [0.3, 0.4) is 0 Å². The van der Waals surface area contributed by atoms with Gasteiger partial charge in [-0.15, -0.1) is 0 Å². The highest BCUT2D eigenvalue weighted by molar-refractivity contribution is 6.07. The van der Waals surface area contributed by atoms with Crippen LogP contribution in [0.2, 0.25) is 0 Å². The second-order valence-electron chi connectivity index (χ2n) is 15.6. The van der Waals surface area contributed by atoms with Crippen molar-refractivity contribution in [3.05, 3.63) is 271 Å². The van der Waals surface area contributed by atoms with Crippen LogP contribution in [-0.2, 0) is 5.41 Å². The second kappa shape index (κ2) is 14.9. The largest absolute Gasteiger partial charge is 0.309 e. The highest BCUT2D eigenvalue weighted by Gasteiger charge is 2.46. The normalized spacial score (nSPS) is 12.5. The van der Waals surface area contributed by atoms with Crippen molar-refractivity contribution in [1.29, 1.82) is 0 Å². The zero-order chi connectivity index (χ0) is 39.9. The number of fused-ring (bicyclic) bond motifs is 4. The fourth-order valence-electron chi connectivity index (χ4n) is 9.73. The lowest BCUT2D eigenvalue weighted by Gasteiger charge is -2.34. The van der Waals surface area contributed by atoms with E-state index in [0.29, 0.717) is 0 Å². The molecule has 1 nitrogen and oxygen atoms in total. The highest BCUT2D eigenvalue weighted by atomic mass is 15.1. The molecule has 1 heteroatoms. The summed E-state index contributed by atoms with van der Waals surface area (Å²) in [6, 6.07) is 91.2. The van der Waals surface area contributed by atoms with Crippen molar-refractivity contribution in [3.63, 3.8) is 0 Å². The molecule has 0 aromatic heterocycles. The fraction of sp³-hybridized carbons (Fsp3) is 0.0169. The van der Waals surface area contributed by atoms with E-state index in [0.717, 1.165) is 33.8 Å². The van der Waals surface area contributed by atoms with Crippen molar-refractivity contribution < 1.29 is 0 Å². The van der Waals surface area contributed by atoms with Gasteiger partial charge >= 0.3 is 0 Å². The maximum atomic E-state index is 2.53. The van der Waals surface area contributed by atoms with Gasteiger partial charge in [0.15, 0.2) is 0 Å². The molecular formula is C59H41N. The van der Waals surface area contributed by atoms with Crippen LogP contribution in [0.5, 0.6) is 0 Å². The van der Waals surface area contributed by atoms with Crippen molar-refractivity contribution in [2.75, 3.05) is 4.90 Å². The molecule has 0 saturated heterocycles. The van der Waals surface area contributed by atoms with E-state index in [-0.39, 0.29) is 0 Å². The third-order valence-corrected chi connectivity index (χ3v) is 12.3. The summed E-state index contributed by atoms with van der Waals surface area (Å²) in [5, 5.41) is 2.42. The third kappa shape index (κ3) is 5.78. The Bertz CT molecular complexity index is 3080. The number of hydrogen-bond acceptors (Lipinski definition) is 1. The predicted octanol–water partition coefficient (Wildman–Crippen LogP) is 15.7. The number of hydrogen-bond donors (Lipinski definition) is 0. The molecule has 11 rings (SSSR count). The fourth-order valence-corrected chi connectivity index (χ4v) is 9.73. The summed E-state index contributed by atoms with van der Waals surface area (Å²) in [6.07, 6.45) is 0. The molecule has 282 valence electrons. The van der Waals surface area contributed by atoms with Crippen LogP contribution in [0, 0.1) is 0 Å². The Hall–Kier alpha value is -7.74. The van der Waals surface area contributed by atoms with Crippen molar-refractivity contribution in [1.82, 2.24) is 0 Å². The number of nitrogens with zero attached hydrogens (tertiary/aromatic N) is 1. The molecule has 0 aliphatic heterocycles. The van der Waals surface area contributed by atoms with Gasteiger partial charge in [0.1, 0.15) is 0 Å². The topological polar surface area (TPSA) is 3.24 Å². The van der Waals surface area contributed by atoms with Crippen LogP contribution < -0.4 is 4.90 Å². The first-order chi connectivity index (χ1) is 29.8. The van der Waals surface area contributed by atoms with E-state index in [1.54, 1.807) is 0 Å². The Labute approximate surface area is 352 Å². The summed E-state index contributed by atoms with van der Waals surface area (Å²) in [5.41, 5.74) is 17.5. The van der Waals surface area contributed by atoms with Crippen molar-refractivity contribution in [2.24, 2.45) is 0 Å². The molecule has 1 aliphatic rings. The molecule has 0 bridgehead atoms. The minimum Gasteiger partial charge on any atom is -0.309 e. The molecular weight excluding hydrogens is 723 g/mol. The van der Waals surface area contributed by atoms with E-state index in [9.17, 15) is 0 Å². The van der Waals surface area contributed by atoms with E-state index >= 15 is 0 Å². The van der Waals surface area contributed by atoms with Gasteiger partial charge in [-0.1, -0.05) is 224 Å². The lowest BCUT2D eigenvalue weighted by molar-refractivity contribution is 0.768. The number of rotatable bonds is 8. The first kappa shape index (κ1) is 35.4. The summed E-state index contributed by atoms with van der Waals surface area (Å²) in [6.45, 7) is 0. The molecule has 60 heavy (non-hydrogen) atoms. The Morgan fingerprint density at radius 3 is 1.53 bits per heavy atom. The Balaban J connectivity index is 1.25. The summed E-state index contributed by atoms with van der Waals surface area (Å²) < 4.78 is 0. The van der Waals surface area contributed by atoms with Crippen molar-refractivity contribution in [2.45, 2.75) is 5.41 Å². The highest BCUT2D eigenvalue weighted by Crippen LogP contribution is 2.58. The summed E-state index contributed by atoms with van der Waals surface area (Å²) in [5.74, 6) is 0. The lowest BCUT2D eigenvalue weighted by atomic mass is 9.68. The van der Waals surface area contributed by atoms with Gasteiger partial charge in [0.25, 0.3) is 0 Å². The minimum atomic E-state index is -0.488. The minimum absolute atomic E-state index is 0.488. The SMILES string of the molecule is c1ccc(-c2ccc(-c3ccccc3)c(N(c3ccc4c(c3)-c3ccccc3C4(c3ccccc3)c3ccccc3)c3ccc4ccccc4c3-c3ccccc3)c2)cc1. The Morgan fingerprint density at radius 1 is 0.300 bits per heavy atom. The van der Waals surface area contributed by atoms with Crippen LogP contribution in [0.1, 0.15) is 22.3 Å². The molecule has 0 spiro atoms. The van der Waals surface area contributed by atoms with Gasteiger partial charge in [-0.25, -0.2) is 0 Å². The molecule has 10 aromatic rings. The van der Waals surface area contributed by atoms with Gasteiger partial charge in [0, 0.05) is 16.8 Å². The van der Waals surface area contributed by atoms with E-state index in [4.69, 9.17) is 0 Å². The summed E-state index contributed by atoms with van der Waals surface area (Å²) in [7, 11) is 0. The molecule has 0 heterocycles. The van der Waals surface area contributed by atoms with Gasteiger partial charge in [-0.2, -0.15) is 0 Å². The Morgan fingerprint density at radius 2 is 0.850 bits per heavy atom. The van der Waals surface area contributed by atoms with Gasteiger partial charge < -0.3 is 4.90 Å². The molecule has 0 fully saturated rings. The summed E-state index contributed by atoms with van der Waals surface area (Å²) >= 11 is 0. The van der Waals surface area contributed by atoms with Crippen LogP contribution in [0.15, 0.2) is 249 Å². The first-order valence-electron chi connectivity index (χ1n) is 20.8. The van der Waals surface area contributed by atoms with E-state index in [1.165, 1.54) is 60.8 Å². The number of anilines is 3. The lowest BCUT2D eigenvalue weighted by Crippen LogP contribution is -2.28. The average molecular weight is 764 g/mol. The zero-order valence-corrected chi connectivity index (χ0v) is 33.1. The van der Waals surface area contributed by atoms with Crippen molar-refractivity contribution >= 4 is 27.8 Å². The molecule has 1 aliphatic carbocycles. The van der Waals surface area contributed by atoms with Crippen LogP contribution in [-0.4, -0.2) is 0 Å². The zero-order valence-electron chi connectivity index (χ0n) is 33.1. The Kier molecular flexibility index (Phi) is 8.79. The monoisotopic (exact) mass is 763 g/mol. The van der Waals surface area contributed by atoms with Crippen LogP contribution in [0.25, 0.3) is 55.3 Å². The first-order valence-corrected chi connectivity index (χ1v) is 20.8. The standard InChI is InChI=1S/C59H41N/c1-6-20-42(21-7-1)46-34-37-50(43-22-8-2-9-23-43)57(40-46)60(56-39-35-44-24-16-17-31-51(44)58(56)45-25-10-3-11-26-45)49-36-38-55-53(41-49)52-32-18-19-33-54(52)59(55,47-27-12-4-13-28-47)48-29-14-5-15-30-48/h1-41H. The van der Waals surface area contributed by atoms with Crippen LogP contribution >= 0.6 is 0 Å². The number of benzene rings is 10. The predicted molar refractivity (Wildman–Crippen MR) is 252 cm³/mol. The van der Waals surface area contributed by atoms with Gasteiger partial charge in [0.05, 0.1) is 16.8 Å². The molecule has 0 saturated carbocycles. The van der Waals surface area contributed by atoms with Gasteiger partial charge in [-0.05, 0) is 90.7 Å². The molecule has 0 radical (unpaired) electrons. The van der Waals surface area contributed by atoms with Gasteiger partial charge in [0.2, 0.25) is 0 Å². The second-order valence-corrected chi connectivity index (χ2v) is 15.6. The van der Waals surface area contributed by atoms with Crippen molar-refractivity contribution in [3.8, 4) is 44.5 Å². The smallest absolute Gasteiger partial charge is 0.0713 e. The molecule has 0 atom stereocenters. The molecule has 0 unspecified atom stereocenters. The quantitative estimate of drug-likeness (QED) is 0.149. The van der Waals surface area contributed by atoms with E-state index in [1.807, 2.05) is 0 Å². The molecule has 0 amide bonds. The molecule has 10 aromatic carbocycles.